The van der Waals surface area contributed by atoms with Crippen molar-refractivity contribution in [3.8, 4) is 45.0 Å². The van der Waals surface area contributed by atoms with Crippen LogP contribution in [0.15, 0.2) is 97.1 Å². The third kappa shape index (κ3) is 4.15. The molecule has 0 aliphatic rings. The molecular weight excluding hydrogens is 412 g/mol. The van der Waals surface area contributed by atoms with E-state index in [-0.39, 0.29) is 0 Å². The van der Waals surface area contributed by atoms with Gasteiger partial charge in [-0.1, -0.05) is 91.0 Å². The Balaban J connectivity index is 1.62. The summed E-state index contributed by atoms with van der Waals surface area (Å²) in [6.07, 6.45) is 0. The fraction of sp³-hybridized carbons (Fsp3) is 0.125. The normalized spacial score (nSPS) is 10.9. The average Bonchev–Trinajstić information content (AvgIpc) is 2.89. The average molecular weight is 441 g/mol. The minimum absolute atomic E-state index is 0.737. The molecule has 0 atom stereocenters. The maximum absolute atomic E-state index is 4.95. The van der Waals surface area contributed by atoms with E-state index >= 15 is 0 Å². The van der Waals surface area contributed by atoms with Gasteiger partial charge in [-0.15, -0.1) is 0 Å². The predicted octanol–water partition coefficient (Wildman–Crippen LogP) is 8.38. The molecule has 0 fully saturated rings. The van der Waals surface area contributed by atoms with Gasteiger partial charge in [-0.3, -0.25) is 0 Å². The van der Waals surface area contributed by atoms with E-state index in [4.69, 9.17) is 9.97 Å². The molecule has 0 spiro atoms. The molecule has 0 aliphatic heterocycles. The van der Waals surface area contributed by atoms with Crippen LogP contribution >= 0.6 is 0 Å². The fourth-order valence-corrected chi connectivity index (χ4v) is 4.53. The molecule has 4 aromatic carbocycles. The van der Waals surface area contributed by atoms with E-state index in [9.17, 15) is 0 Å². The third-order valence-electron chi connectivity index (χ3n) is 6.66. The summed E-state index contributed by atoms with van der Waals surface area (Å²) >= 11 is 0. The van der Waals surface area contributed by atoms with Crippen molar-refractivity contribution in [2.24, 2.45) is 0 Å². The van der Waals surface area contributed by atoms with Gasteiger partial charge in [-0.25, -0.2) is 9.97 Å². The van der Waals surface area contributed by atoms with E-state index in [1.807, 2.05) is 36.4 Å². The molecule has 2 heteroatoms. The van der Waals surface area contributed by atoms with Crippen molar-refractivity contribution in [2.45, 2.75) is 27.7 Å². The first kappa shape index (κ1) is 21.8. The lowest BCUT2D eigenvalue weighted by Gasteiger charge is -2.16. The molecule has 5 rings (SSSR count). The summed E-state index contributed by atoms with van der Waals surface area (Å²) in [6, 6.07) is 33.6. The van der Waals surface area contributed by atoms with Gasteiger partial charge in [-0.05, 0) is 67.1 Å². The third-order valence-corrected chi connectivity index (χ3v) is 6.66. The van der Waals surface area contributed by atoms with E-state index in [2.05, 4.69) is 88.4 Å². The molecule has 0 unspecified atom stereocenters. The largest absolute Gasteiger partial charge is 0.228 e. The predicted molar refractivity (Wildman–Crippen MR) is 143 cm³/mol. The molecule has 34 heavy (non-hydrogen) atoms. The number of nitrogens with zero attached hydrogens (tertiary/aromatic N) is 2. The molecule has 2 nitrogen and oxygen atoms in total. The minimum Gasteiger partial charge on any atom is -0.228 e. The Kier molecular flexibility index (Phi) is 5.81. The van der Waals surface area contributed by atoms with Crippen LogP contribution in [-0.4, -0.2) is 9.97 Å². The molecule has 1 heterocycles. The highest BCUT2D eigenvalue weighted by Gasteiger charge is 2.13. The highest BCUT2D eigenvalue weighted by molar-refractivity contribution is 5.76. The molecule has 1 aromatic heterocycles. The van der Waals surface area contributed by atoms with E-state index in [0.717, 1.165) is 33.9 Å². The first-order chi connectivity index (χ1) is 16.5. The van der Waals surface area contributed by atoms with E-state index < -0.39 is 0 Å². The monoisotopic (exact) mass is 440 g/mol. The second-order valence-electron chi connectivity index (χ2n) is 8.91. The van der Waals surface area contributed by atoms with Gasteiger partial charge in [0.05, 0.1) is 11.4 Å². The summed E-state index contributed by atoms with van der Waals surface area (Å²) in [5, 5.41) is 0. The van der Waals surface area contributed by atoms with Gasteiger partial charge in [0.15, 0.2) is 5.82 Å². The molecule has 0 saturated heterocycles. The van der Waals surface area contributed by atoms with Crippen LogP contribution in [0.25, 0.3) is 45.0 Å². The SMILES string of the molecule is Cc1cc(C)c(C)c(-c2ccc(-c3nc(-c4ccccc4)cc(-c4ccccc4)n3)cc2)c1C. The summed E-state index contributed by atoms with van der Waals surface area (Å²) in [4.78, 5) is 9.91. The number of rotatable bonds is 4. The van der Waals surface area contributed by atoms with E-state index in [1.54, 1.807) is 0 Å². The van der Waals surface area contributed by atoms with Crippen LogP contribution in [0.3, 0.4) is 0 Å². The first-order valence-corrected chi connectivity index (χ1v) is 11.7. The smallest absolute Gasteiger partial charge is 0.160 e. The topological polar surface area (TPSA) is 25.8 Å². The zero-order valence-electron chi connectivity index (χ0n) is 20.1. The van der Waals surface area contributed by atoms with Gasteiger partial charge in [0.2, 0.25) is 0 Å². The van der Waals surface area contributed by atoms with Crippen LogP contribution in [0, 0.1) is 27.7 Å². The molecule has 0 N–H and O–H groups in total. The second-order valence-corrected chi connectivity index (χ2v) is 8.91. The Hall–Kier alpha value is -4.04. The van der Waals surface area contributed by atoms with Gasteiger partial charge in [0.1, 0.15) is 0 Å². The summed E-state index contributed by atoms with van der Waals surface area (Å²) in [5.41, 5.74) is 12.9. The number of aromatic nitrogens is 2. The van der Waals surface area contributed by atoms with Gasteiger partial charge in [0, 0.05) is 16.7 Å². The molecule has 0 bridgehead atoms. The van der Waals surface area contributed by atoms with Crippen molar-refractivity contribution in [3.63, 3.8) is 0 Å². The zero-order valence-corrected chi connectivity index (χ0v) is 20.1. The first-order valence-electron chi connectivity index (χ1n) is 11.7. The molecule has 166 valence electrons. The maximum Gasteiger partial charge on any atom is 0.160 e. The molecule has 0 amide bonds. The van der Waals surface area contributed by atoms with Crippen molar-refractivity contribution in [1.29, 1.82) is 0 Å². The van der Waals surface area contributed by atoms with Crippen LogP contribution in [0.5, 0.6) is 0 Å². The molecule has 0 aliphatic carbocycles. The van der Waals surface area contributed by atoms with Crippen molar-refractivity contribution >= 4 is 0 Å². The molecular formula is C32H28N2. The molecule has 5 aromatic rings. The number of aryl methyl sites for hydroxylation is 2. The van der Waals surface area contributed by atoms with Gasteiger partial charge < -0.3 is 0 Å². The van der Waals surface area contributed by atoms with Crippen LogP contribution in [-0.2, 0) is 0 Å². The fourth-order valence-electron chi connectivity index (χ4n) is 4.53. The Morgan fingerprint density at radius 3 is 1.35 bits per heavy atom. The highest BCUT2D eigenvalue weighted by Crippen LogP contribution is 2.33. The lowest BCUT2D eigenvalue weighted by molar-refractivity contribution is 1.18. The zero-order chi connectivity index (χ0) is 23.7. The maximum atomic E-state index is 4.95. The summed E-state index contributed by atoms with van der Waals surface area (Å²) in [5.74, 6) is 0.737. The number of hydrogen-bond acceptors (Lipinski definition) is 2. The Labute approximate surface area is 202 Å². The minimum atomic E-state index is 0.737. The summed E-state index contributed by atoms with van der Waals surface area (Å²) in [6.45, 7) is 8.80. The Morgan fingerprint density at radius 1 is 0.441 bits per heavy atom. The van der Waals surface area contributed by atoms with Crippen molar-refractivity contribution in [1.82, 2.24) is 9.97 Å². The van der Waals surface area contributed by atoms with Crippen LogP contribution in [0.2, 0.25) is 0 Å². The van der Waals surface area contributed by atoms with Crippen molar-refractivity contribution in [3.05, 3.63) is 119 Å². The number of benzene rings is 4. The quantitative estimate of drug-likeness (QED) is 0.280. The van der Waals surface area contributed by atoms with Gasteiger partial charge >= 0.3 is 0 Å². The van der Waals surface area contributed by atoms with Gasteiger partial charge in [-0.2, -0.15) is 0 Å². The lowest BCUT2D eigenvalue weighted by Crippen LogP contribution is -1.97. The summed E-state index contributed by atoms with van der Waals surface area (Å²) in [7, 11) is 0. The molecule has 0 radical (unpaired) electrons. The standard InChI is InChI=1S/C32H28N2/c1-21-19-22(2)24(4)31(23(21)3)27-15-17-28(18-16-27)32-33-29(25-11-7-5-8-12-25)20-30(34-32)26-13-9-6-10-14-26/h5-20H,1-4H3. The van der Waals surface area contributed by atoms with Crippen LogP contribution in [0.1, 0.15) is 22.3 Å². The van der Waals surface area contributed by atoms with Crippen molar-refractivity contribution in [2.75, 3.05) is 0 Å². The second kappa shape index (κ2) is 9.07. The highest BCUT2D eigenvalue weighted by atomic mass is 14.9. The Bertz CT molecular complexity index is 1370. The molecule has 0 saturated carbocycles. The van der Waals surface area contributed by atoms with E-state index in [1.165, 1.54) is 33.4 Å². The van der Waals surface area contributed by atoms with Crippen molar-refractivity contribution < 1.29 is 0 Å². The van der Waals surface area contributed by atoms with Crippen LogP contribution < -0.4 is 0 Å². The Morgan fingerprint density at radius 2 is 0.882 bits per heavy atom. The van der Waals surface area contributed by atoms with Gasteiger partial charge in [0.25, 0.3) is 0 Å². The summed E-state index contributed by atoms with van der Waals surface area (Å²) < 4.78 is 0. The lowest BCUT2D eigenvalue weighted by atomic mass is 9.89. The number of hydrogen-bond donors (Lipinski definition) is 0. The van der Waals surface area contributed by atoms with Crippen LogP contribution in [0.4, 0.5) is 0 Å². The van der Waals surface area contributed by atoms with E-state index in [0.29, 0.717) is 0 Å².